The lowest BCUT2D eigenvalue weighted by molar-refractivity contribution is 0.155. The SMILES string of the molecule is c1cc(OC2CCCCC2)cc(-c2ccc3[nH]nc(-c4nc5c(N6CCCCC6)nccc5[nH]4)c3n2)c1. The Morgan fingerprint density at radius 1 is 0.838 bits per heavy atom. The zero-order valence-corrected chi connectivity index (χ0v) is 20.9. The maximum Gasteiger partial charge on any atom is 0.161 e. The number of ether oxygens (including phenoxy) is 1. The number of imidazole rings is 1. The molecule has 0 bridgehead atoms. The van der Waals surface area contributed by atoms with Crippen molar-refractivity contribution in [3.8, 4) is 28.5 Å². The highest BCUT2D eigenvalue weighted by Crippen LogP contribution is 2.32. The summed E-state index contributed by atoms with van der Waals surface area (Å²) in [5.74, 6) is 2.56. The number of nitrogens with zero attached hydrogens (tertiary/aromatic N) is 5. The molecule has 37 heavy (non-hydrogen) atoms. The number of benzene rings is 1. The van der Waals surface area contributed by atoms with Crippen LogP contribution in [0.25, 0.3) is 44.8 Å². The summed E-state index contributed by atoms with van der Waals surface area (Å²) in [6.45, 7) is 2.04. The monoisotopic (exact) mass is 493 g/mol. The van der Waals surface area contributed by atoms with Crippen molar-refractivity contribution in [2.75, 3.05) is 18.0 Å². The summed E-state index contributed by atoms with van der Waals surface area (Å²) < 4.78 is 6.31. The van der Waals surface area contributed by atoms with E-state index < -0.39 is 0 Å². The molecule has 1 saturated heterocycles. The molecule has 188 valence electrons. The second kappa shape index (κ2) is 9.50. The predicted octanol–water partition coefficient (Wildman–Crippen LogP) is 6.27. The van der Waals surface area contributed by atoms with E-state index in [0.717, 1.165) is 70.8 Å². The number of rotatable bonds is 5. The number of nitrogens with one attached hydrogen (secondary N) is 2. The van der Waals surface area contributed by atoms with Crippen LogP contribution in [-0.4, -0.2) is 49.3 Å². The number of aromatic nitrogens is 6. The lowest BCUT2D eigenvalue weighted by Crippen LogP contribution is -2.30. The minimum Gasteiger partial charge on any atom is -0.490 e. The van der Waals surface area contributed by atoms with Crippen molar-refractivity contribution in [1.82, 2.24) is 30.1 Å². The molecule has 8 heteroatoms. The Labute approximate surface area is 215 Å². The lowest BCUT2D eigenvalue weighted by atomic mass is 9.98. The van der Waals surface area contributed by atoms with Gasteiger partial charge in [-0.3, -0.25) is 5.10 Å². The molecule has 5 aromatic rings. The summed E-state index contributed by atoms with van der Waals surface area (Å²) in [5, 5.41) is 7.72. The van der Waals surface area contributed by atoms with Gasteiger partial charge in [-0.1, -0.05) is 18.6 Å². The first kappa shape index (κ1) is 22.3. The Balaban J connectivity index is 1.23. The molecule has 1 aliphatic heterocycles. The summed E-state index contributed by atoms with van der Waals surface area (Å²) >= 11 is 0. The van der Waals surface area contributed by atoms with E-state index in [2.05, 4.69) is 37.2 Å². The third kappa shape index (κ3) is 4.30. The highest BCUT2D eigenvalue weighted by atomic mass is 16.5. The minimum absolute atomic E-state index is 0.317. The Morgan fingerprint density at radius 2 is 1.70 bits per heavy atom. The van der Waals surface area contributed by atoms with Gasteiger partial charge in [-0.2, -0.15) is 5.10 Å². The maximum atomic E-state index is 6.31. The van der Waals surface area contributed by atoms with E-state index in [1.807, 2.05) is 36.5 Å². The number of anilines is 1. The van der Waals surface area contributed by atoms with Gasteiger partial charge in [-0.25, -0.2) is 15.0 Å². The summed E-state index contributed by atoms with van der Waals surface area (Å²) in [7, 11) is 0. The number of fused-ring (bicyclic) bond motifs is 2. The average molecular weight is 494 g/mol. The molecular weight excluding hydrogens is 462 g/mol. The molecule has 8 nitrogen and oxygen atoms in total. The highest BCUT2D eigenvalue weighted by molar-refractivity contribution is 5.94. The van der Waals surface area contributed by atoms with E-state index in [1.165, 1.54) is 38.5 Å². The minimum atomic E-state index is 0.317. The second-order valence-electron chi connectivity index (χ2n) is 10.2. The summed E-state index contributed by atoms with van der Waals surface area (Å²) in [6.07, 6.45) is 11.9. The van der Waals surface area contributed by atoms with E-state index >= 15 is 0 Å². The van der Waals surface area contributed by atoms with Gasteiger partial charge in [0.25, 0.3) is 0 Å². The maximum absolute atomic E-state index is 6.31. The molecule has 2 fully saturated rings. The lowest BCUT2D eigenvalue weighted by Gasteiger charge is -2.27. The molecule has 0 atom stereocenters. The van der Waals surface area contributed by atoms with E-state index in [9.17, 15) is 0 Å². The van der Waals surface area contributed by atoms with Crippen molar-refractivity contribution >= 4 is 27.9 Å². The van der Waals surface area contributed by atoms with Gasteiger partial charge in [0.2, 0.25) is 0 Å². The first-order chi connectivity index (χ1) is 18.3. The largest absolute Gasteiger partial charge is 0.490 e. The van der Waals surface area contributed by atoms with Crippen molar-refractivity contribution in [2.45, 2.75) is 57.5 Å². The van der Waals surface area contributed by atoms with Crippen molar-refractivity contribution < 1.29 is 4.74 Å². The van der Waals surface area contributed by atoms with E-state index in [-0.39, 0.29) is 0 Å². The Bertz CT molecular complexity index is 1540. The molecule has 1 aromatic carbocycles. The van der Waals surface area contributed by atoms with E-state index in [1.54, 1.807) is 0 Å². The molecule has 4 aromatic heterocycles. The summed E-state index contributed by atoms with van der Waals surface area (Å²) in [6, 6.07) is 14.3. The van der Waals surface area contributed by atoms with Gasteiger partial charge in [0, 0.05) is 24.8 Å². The Hall–Kier alpha value is -3.94. The van der Waals surface area contributed by atoms with Crippen LogP contribution in [0.5, 0.6) is 5.75 Å². The molecule has 0 spiro atoms. The van der Waals surface area contributed by atoms with Gasteiger partial charge in [-0.05, 0) is 75.3 Å². The molecule has 0 unspecified atom stereocenters. The molecule has 2 N–H and O–H groups in total. The van der Waals surface area contributed by atoms with E-state index in [0.29, 0.717) is 17.6 Å². The van der Waals surface area contributed by atoms with Gasteiger partial charge < -0.3 is 14.6 Å². The van der Waals surface area contributed by atoms with Crippen LogP contribution in [0, 0.1) is 0 Å². The highest BCUT2D eigenvalue weighted by Gasteiger charge is 2.20. The van der Waals surface area contributed by atoms with Crippen molar-refractivity contribution in [3.63, 3.8) is 0 Å². The molecule has 5 heterocycles. The average Bonchev–Trinajstić information content (AvgIpc) is 3.58. The molecule has 1 saturated carbocycles. The third-order valence-electron chi connectivity index (χ3n) is 7.65. The zero-order valence-electron chi connectivity index (χ0n) is 20.9. The predicted molar refractivity (Wildman–Crippen MR) is 146 cm³/mol. The molecule has 0 radical (unpaired) electrons. The van der Waals surface area contributed by atoms with Crippen LogP contribution in [0.3, 0.4) is 0 Å². The van der Waals surface area contributed by atoms with Crippen LogP contribution in [-0.2, 0) is 0 Å². The number of hydrogen-bond acceptors (Lipinski definition) is 6. The number of pyridine rings is 2. The van der Waals surface area contributed by atoms with Crippen LogP contribution in [0.4, 0.5) is 5.82 Å². The van der Waals surface area contributed by atoms with Crippen molar-refractivity contribution in [3.05, 3.63) is 48.7 Å². The van der Waals surface area contributed by atoms with Gasteiger partial charge >= 0.3 is 0 Å². The smallest absolute Gasteiger partial charge is 0.161 e. The van der Waals surface area contributed by atoms with Crippen LogP contribution >= 0.6 is 0 Å². The fraction of sp³-hybridized carbons (Fsp3) is 0.379. The van der Waals surface area contributed by atoms with Gasteiger partial charge in [0.1, 0.15) is 16.8 Å². The van der Waals surface area contributed by atoms with Gasteiger partial charge in [0.05, 0.1) is 22.8 Å². The molecule has 0 amide bonds. The number of H-pyrrole nitrogens is 2. The number of hydrogen-bond donors (Lipinski definition) is 2. The zero-order chi connectivity index (χ0) is 24.6. The molecule has 2 aliphatic rings. The first-order valence-electron chi connectivity index (χ1n) is 13.5. The first-order valence-corrected chi connectivity index (χ1v) is 13.5. The van der Waals surface area contributed by atoms with Crippen LogP contribution in [0.2, 0.25) is 0 Å². The van der Waals surface area contributed by atoms with Gasteiger partial charge in [0.15, 0.2) is 17.3 Å². The number of piperidine rings is 1. The topological polar surface area (TPSA) is 95.6 Å². The number of aromatic amines is 2. The fourth-order valence-electron chi connectivity index (χ4n) is 5.70. The van der Waals surface area contributed by atoms with Crippen molar-refractivity contribution in [2.24, 2.45) is 0 Å². The quantitative estimate of drug-likeness (QED) is 0.300. The third-order valence-corrected chi connectivity index (χ3v) is 7.65. The Morgan fingerprint density at radius 3 is 2.59 bits per heavy atom. The van der Waals surface area contributed by atoms with E-state index in [4.69, 9.17) is 14.7 Å². The van der Waals surface area contributed by atoms with Crippen molar-refractivity contribution in [1.29, 1.82) is 0 Å². The Kier molecular flexibility index (Phi) is 5.72. The molecule has 1 aliphatic carbocycles. The van der Waals surface area contributed by atoms with Crippen LogP contribution in [0.1, 0.15) is 51.4 Å². The standard InChI is InChI=1S/C29H31N7O/c1-3-9-20(10-4-1)37-21-11-7-8-19(18-21)22-12-13-24-25(31-22)27(35-34-24)28-32-23-14-15-30-29(26(23)33-28)36-16-5-2-6-17-36/h7-8,11-15,18,20H,1-6,9-10,16-17H2,(H,32,33)(H,34,35). The summed E-state index contributed by atoms with van der Waals surface area (Å²) in [5.41, 5.74) is 6.15. The molecular formula is C29H31N7O. The normalized spacial score (nSPS) is 17.0. The second-order valence-corrected chi connectivity index (χ2v) is 10.2. The summed E-state index contributed by atoms with van der Waals surface area (Å²) in [4.78, 5) is 20.5. The molecule has 7 rings (SSSR count). The van der Waals surface area contributed by atoms with Gasteiger partial charge in [-0.15, -0.1) is 0 Å². The fourth-order valence-corrected chi connectivity index (χ4v) is 5.70. The van der Waals surface area contributed by atoms with Crippen LogP contribution < -0.4 is 9.64 Å². The van der Waals surface area contributed by atoms with Crippen LogP contribution in [0.15, 0.2) is 48.7 Å².